The zero-order valence-electron chi connectivity index (χ0n) is 11.8. The Labute approximate surface area is 123 Å². The lowest BCUT2D eigenvalue weighted by Crippen LogP contribution is -2.37. The van der Waals surface area contributed by atoms with Crippen molar-refractivity contribution in [1.82, 2.24) is 10.3 Å². The van der Waals surface area contributed by atoms with Crippen LogP contribution in [0, 0.1) is 5.82 Å². The number of rotatable bonds is 4. The highest BCUT2D eigenvalue weighted by atomic mass is 35.5. The van der Waals surface area contributed by atoms with E-state index >= 15 is 0 Å². The summed E-state index contributed by atoms with van der Waals surface area (Å²) < 4.78 is 19.3. The normalized spacial score (nSPS) is 11.8. The number of hydrogen-bond acceptors (Lipinski definition) is 3. The minimum atomic E-state index is -0.409. The minimum Gasteiger partial charge on any atom is -0.441 e. The van der Waals surface area contributed by atoms with E-state index in [-0.39, 0.29) is 11.1 Å². The topological polar surface area (TPSA) is 38.1 Å². The van der Waals surface area contributed by atoms with Crippen LogP contribution < -0.4 is 5.32 Å². The molecule has 0 unspecified atom stereocenters. The van der Waals surface area contributed by atoms with Gasteiger partial charge in [0.15, 0.2) is 11.7 Å². The third-order valence-electron chi connectivity index (χ3n) is 2.76. The Morgan fingerprint density at radius 3 is 2.75 bits per heavy atom. The molecule has 1 aromatic heterocycles. The van der Waals surface area contributed by atoms with E-state index in [9.17, 15) is 4.39 Å². The van der Waals surface area contributed by atoms with Crippen LogP contribution in [0.15, 0.2) is 28.8 Å². The van der Waals surface area contributed by atoms with E-state index in [4.69, 9.17) is 16.0 Å². The van der Waals surface area contributed by atoms with Gasteiger partial charge >= 0.3 is 0 Å². The summed E-state index contributed by atoms with van der Waals surface area (Å²) in [5.41, 5.74) is 0.307. The number of nitrogens with one attached hydrogen (secondary N) is 1. The molecule has 0 radical (unpaired) electrons. The minimum absolute atomic E-state index is 0.0459. The Balaban J connectivity index is 2.09. The van der Waals surface area contributed by atoms with Gasteiger partial charge in [0.2, 0.25) is 0 Å². The molecule has 0 aliphatic heterocycles. The van der Waals surface area contributed by atoms with Crippen LogP contribution >= 0.6 is 11.6 Å². The summed E-state index contributed by atoms with van der Waals surface area (Å²) >= 11 is 6.00. The first-order valence-corrected chi connectivity index (χ1v) is 6.89. The number of nitrogens with zero attached hydrogens (tertiary/aromatic N) is 1. The molecule has 1 N–H and O–H groups in total. The van der Waals surface area contributed by atoms with Gasteiger partial charge in [-0.05, 0) is 32.9 Å². The molecule has 0 fully saturated rings. The molecule has 0 aliphatic carbocycles. The van der Waals surface area contributed by atoms with Gasteiger partial charge in [-0.1, -0.05) is 17.7 Å². The molecular formula is C15H18ClFN2O. The fraction of sp³-hybridized carbons (Fsp3) is 0.400. The summed E-state index contributed by atoms with van der Waals surface area (Å²) in [5.74, 6) is 0.517. The molecule has 5 heteroatoms. The van der Waals surface area contributed by atoms with E-state index in [1.807, 2.05) is 0 Å². The highest BCUT2D eigenvalue weighted by Gasteiger charge is 2.15. The lowest BCUT2D eigenvalue weighted by Gasteiger charge is -2.19. The molecule has 1 aromatic carbocycles. The van der Waals surface area contributed by atoms with Gasteiger partial charge in [-0.2, -0.15) is 0 Å². The van der Waals surface area contributed by atoms with Crippen molar-refractivity contribution in [1.29, 1.82) is 0 Å². The fourth-order valence-corrected chi connectivity index (χ4v) is 2.08. The van der Waals surface area contributed by atoms with Gasteiger partial charge < -0.3 is 9.73 Å². The fourth-order valence-electron chi connectivity index (χ4n) is 1.82. The Morgan fingerprint density at radius 2 is 2.10 bits per heavy atom. The third-order valence-corrected chi connectivity index (χ3v) is 3.07. The van der Waals surface area contributed by atoms with Crippen LogP contribution in [0.3, 0.4) is 0 Å². The number of hydrogen-bond donors (Lipinski definition) is 1. The molecule has 0 aliphatic rings. The van der Waals surface area contributed by atoms with Crippen LogP contribution in [-0.4, -0.2) is 17.1 Å². The summed E-state index contributed by atoms with van der Waals surface area (Å²) in [6.45, 7) is 7.02. The Morgan fingerprint density at radius 1 is 1.35 bits per heavy atom. The van der Waals surface area contributed by atoms with Crippen LogP contribution in [-0.2, 0) is 6.42 Å². The molecule has 1 heterocycles. The number of benzene rings is 1. The van der Waals surface area contributed by atoms with Crippen LogP contribution in [0.1, 0.15) is 26.7 Å². The van der Waals surface area contributed by atoms with E-state index in [0.29, 0.717) is 23.1 Å². The summed E-state index contributed by atoms with van der Waals surface area (Å²) in [6.07, 6.45) is 2.15. The molecule has 20 heavy (non-hydrogen) atoms. The Bertz CT molecular complexity index is 570. The second-order valence-corrected chi connectivity index (χ2v) is 6.05. The zero-order valence-corrected chi connectivity index (χ0v) is 12.6. The Hall–Kier alpha value is -1.39. The molecule has 0 bridgehead atoms. The summed E-state index contributed by atoms with van der Waals surface area (Å²) in [6, 6.07) is 4.54. The molecule has 2 aromatic rings. The van der Waals surface area contributed by atoms with Crippen molar-refractivity contribution >= 4 is 11.6 Å². The van der Waals surface area contributed by atoms with Gasteiger partial charge in [0.1, 0.15) is 5.82 Å². The van der Waals surface area contributed by atoms with E-state index < -0.39 is 5.82 Å². The maximum Gasteiger partial charge on any atom is 0.196 e. The maximum atomic E-state index is 13.8. The standard InChI is InChI=1S/C15H18ClFN2O/c1-15(2,3)19-8-7-13-18-9-12(20-13)14-10(16)5-4-6-11(14)17/h4-6,9,19H,7-8H2,1-3H3. The maximum absolute atomic E-state index is 13.8. The lowest BCUT2D eigenvalue weighted by atomic mass is 10.1. The molecule has 0 saturated heterocycles. The van der Waals surface area contributed by atoms with Crippen molar-refractivity contribution in [3.8, 4) is 11.3 Å². The second kappa shape index (κ2) is 5.94. The number of aromatic nitrogens is 1. The van der Waals surface area contributed by atoms with Crippen LogP contribution in [0.4, 0.5) is 4.39 Å². The van der Waals surface area contributed by atoms with E-state index in [2.05, 4.69) is 31.1 Å². The molecule has 0 saturated carbocycles. The molecule has 0 amide bonds. The summed E-state index contributed by atoms with van der Waals surface area (Å²) in [5, 5.41) is 3.66. The first-order chi connectivity index (χ1) is 9.37. The highest BCUT2D eigenvalue weighted by molar-refractivity contribution is 6.33. The van der Waals surface area contributed by atoms with Crippen molar-refractivity contribution in [3.63, 3.8) is 0 Å². The molecule has 0 spiro atoms. The predicted octanol–water partition coefficient (Wildman–Crippen LogP) is 4.06. The molecule has 2 rings (SSSR count). The van der Waals surface area contributed by atoms with Gasteiger partial charge in [-0.15, -0.1) is 0 Å². The average Bonchev–Trinajstić information content (AvgIpc) is 2.75. The summed E-state index contributed by atoms with van der Waals surface area (Å²) in [7, 11) is 0. The van der Waals surface area contributed by atoms with Gasteiger partial charge in [-0.25, -0.2) is 9.37 Å². The van der Waals surface area contributed by atoms with E-state index in [1.165, 1.54) is 12.3 Å². The first kappa shape index (κ1) is 15.0. The SMILES string of the molecule is CC(C)(C)NCCc1ncc(-c2c(F)cccc2Cl)o1. The van der Waals surface area contributed by atoms with Gasteiger partial charge in [0.25, 0.3) is 0 Å². The lowest BCUT2D eigenvalue weighted by molar-refractivity contribution is 0.411. The molecule has 3 nitrogen and oxygen atoms in total. The van der Waals surface area contributed by atoms with E-state index in [1.54, 1.807) is 12.1 Å². The van der Waals surface area contributed by atoms with Crippen LogP contribution in [0.5, 0.6) is 0 Å². The number of oxazole rings is 1. The molecular weight excluding hydrogens is 279 g/mol. The largest absolute Gasteiger partial charge is 0.441 e. The third kappa shape index (κ3) is 3.81. The van der Waals surface area contributed by atoms with Crippen molar-refractivity contribution in [2.45, 2.75) is 32.7 Å². The van der Waals surface area contributed by atoms with Crippen molar-refractivity contribution < 1.29 is 8.81 Å². The van der Waals surface area contributed by atoms with Crippen molar-refractivity contribution in [2.24, 2.45) is 0 Å². The predicted molar refractivity (Wildman–Crippen MR) is 78.4 cm³/mol. The number of halogens is 2. The molecule has 0 atom stereocenters. The van der Waals surface area contributed by atoms with Crippen molar-refractivity contribution in [3.05, 3.63) is 41.1 Å². The monoisotopic (exact) mass is 296 g/mol. The van der Waals surface area contributed by atoms with Crippen molar-refractivity contribution in [2.75, 3.05) is 6.54 Å². The smallest absolute Gasteiger partial charge is 0.196 e. The van der Waals surface area contributed by atoms with E-state index in [0.717, 1.165) is 6.54 Å². The zero-order chi connectivity index (χ0) is 14.8. The average molecular weight is 297 g/mol. The van der Waals surface area contributed by atoms with Gasteiger partial charge in [0.05, 0.1) is 16.8 Å². The highest BCUT2D eigenvalue weighted by Crippen LogP contribution is 2.30. The second-order valence-electron chi connectivity index (χ2n) is 5.64. The van der Waals surface area contributed by atoms with Crippen LogP contribution in [0.2, 0.25) is 5.02 Å². The van der Waals surface area contributed by atoms with Crippen LogP contribution in [0.25, 0.3) is 11.3 Å². The first-order valence-electron chi connectivity index (χ1n) is 6.51. The van der Waals surface area contributed by atoms with Gasteiger partial charge in [-0.3, -0.25) is 0 Å². The quantitative estimate of drug-likeness (QED) is 0.924. The molecule has 108 valence electrons. The summed E-state index contributed by atoms with van der Waals surface area (Å²) in [4.78, 5) is 4.16. The Kier molecular flexibility index (Phi) is 4.45. The van der Waals surface area contributed by atoms with Gasteiger partial charge in [0, 0.05) is 18.5 Å².